The van der Waals surface area contributed by atoms with Crippen molar-refractivity contribution in [3.05, 3.63) is 30.1 Å². The first-order valence-electron chi connectivity index (χ1n) is 4.54. The van der Waals surface area contributed by atoms with E-state index < -0.39 is 24.1 Å². The van der Waals surface area contributed by atoms with Crippen LogP contribution in [0, 0.1) is 6.92 Å². The number of carboxylic acid groups (broad SMARTS) is 2. The Balaban J connectivity index is 0.000000318. The first-order chi connectivity index (χ1) is 7.86. The van der Waals surface area contributed by atoms with Crippen molar-refractivity contribution in [3.8, 4) is 0 Å². The van der Waals surface area contributed by atoms with E-state index in [1.807, 2.05) is 25.3 Å². The van der Waals surface area contributed by atoms with Gasteiger partial charge in [0.15, 0.2) is 12.2 Å². The highest BCUT2D eigenvalue weighted by Gasteiger charge is 2.29. The van der Waals surface area contributed by atoms with Crippen LogP contribution in [0.4, 0.5) is 0 Å². The highest BCUT2D eigenvalue weighted by Crippen LogP contribution is 1.92. The third-order valence-electron chi connectivity index (χ3n) is 1.61. The van der Waals surface area contributed by atoms with Gasteiger partial charge >= 0.3 is 11.9 Å². The highest BCUT2D eigenvalue weighted by atomic mass is 16.4. The number of aliphatic hydroxyl groups excluding tert-OH is 2. The quantitative estimate of drug-likeness (QED) is 0.550. The van der Waals surface area contributed by atoms with Gasteiger partial charge in [-0.15, -0.1) is 0 Å². The predicted molar refractivity (Wildman–Crippen MR) is 56.3 cm³/mol. The maximum atomic E-state index is 9.77. The molecule has 0 aliphatic heterocycles. The molecule has 7 heteroatoms. The van der Waals surface area contributed by atoms with E-state index in [-0.39, 0.29) is 0 Å². The number of hydrogen-bond donors (Lipinski definition) is 4. The number of aromatic nitrogens is 1. The van der Waals surface area contributed by atoms with Gasteiger partial charge in [-0.3, -0.25) is 4.98 Å². The van der Waals surface area contributed by atoms with Gasteiger partial charge in [0.05, 0.1) is 0 Å². The number of aryl methyl sites for hydroxylation is 1. The third kappa shape index (κ3) is 6.23. The molecule has 0 amide bonds. The lowest BCUT2D eigenvalue weighted by Crippen LogP contribution is -2.39. The first-order valence-corrected chi connectivity index (χ1v) is 4.54. The molecule has 1 aromatic heterocycles. The van der Waals surface area contributed by atoms with Crippen molar-refractivity contribution in [2.75, 3.05) is 0 Å². The molecule has 0 aliphatic rings. The molecule has 0 saturated carbocycles. The smallest absolute Gasteiger partial charge is 0.335 e. The molecule has 4 N–H and O–H groups in total. The number of nitrogens with zero attached hydrogens (tertiary/aromatic N) is 1. The maximum Gasteiger partial charge on any atom is 0.335 e. The van der Waals surface area contributed by atoms with Crippen LogP contribution in [0.2, 0.25) is 0 Å². The minimum atomic E-state index is -2.27. The molecular formula is C10H13NO6. The maximum absolute atomic E-state index is 9.77. The molecular weight excluding hydrogens is 230 g/mol. The van der Waals surface area contributed by atoms with E-state index in [0.29, 0.717) is 0 Å². The molecule has 1 heterocycles. The molecule has 7 nitrogen and oxygen atoms in total. The van der Waals surface area contributed by atoms with Crippen molar-refractivity contribution < 1.29 is 30.0 Å². The second-order valence-corrected chi connectivity index (χ2v) is 3.10. The molecule has 0 radical (unpaired) electrons. The summed E-state index contributed by atoms with van der Waals surface area (Å²) < 4.78 is 0. The van der Waals surface area contributed by atoms with E-state index in [4.69, 9.17) is 20.4 Å². The normalized spacial score (nSPS) is 12.9. The minimum absolute atomic E-state index is 1.21. The van der Waals surface area contributed by atoms with Gasteiger partial charge in [-0.2, -0.15) is 0 Å². The van der Waals surface area contributed by atoms with Crippen LogP contribution in [-0.2, 0) is 9.59 Å². The minimum Gasteiger partial charge on any atom is -0.479 e. The van der Waals surface area contributed by atoms with Crippen LogP contribution in [0.3, 0.4) is 0 Å². The summed E-state index contributed by atoms with van der Waals surface area (Å²) in [7, 11) is 0. The lowest BCUT2D eigenvalue weighted by Gasteiger charge is -2.07. The van der Waals surface area contributed by atoms with Gasteiger partial charge < -0.3 is 20.4 Å². The molecule has 0 saturated heterocycles. The number of pyridine rings is 1. The summed E-state index contributed by atoms with van der Waals surface area (Å²) in [5.41, 5.74) is 1.21. The monoisotopic (exact) mass is 243 g/mol. The Bertz CT molecular complexity index is 348. The third-order valence-corrected chi connectivity index (χ3v) is 1.61. The van der Waals surface area contributed by atoms with Crippen LogP contribution in [0.1, 0.15) is 5.56 Å². The van der Waals surface area contributed by atoms with Gasteiger partial charge in [0, 0.05) is 12.4 Å². The zero-order chi connectivity index (χ0) is 13.4. The Morgan fingerprint density at radius 2 is 1.65 bits per heavy atom. The molecule has 94 valence electrons. The van der Waals surface area contributed by atoms with Gasteiger partial charge in [-0.05, 0) is 18.6 Å². The summed E-state index contributed by atoms with van der Waals surface area (Å²) in [5, 5.41) is 32.5. The average Bonchev–Trinajstić information content (AvgIpc) is 2.28. The topological polar surface area (TPSA) is 128 Å². The summed E-state index contributed by atoms with van der Waals surface area (Å²) in [6.45, 7) is 2.02. The van der Waals surface area contributed by atoms with Crippen molar-refractivity contribution in [2.24, 2.45) is 0 Å². The summed E-state index contributed by atoms with van der Waals surface area (Å²) in [6.07, 6.45) is -0.928. The fraction of sp³-hybridized carbons (Fsp3) is 0.300. The van der Waals surface area contributed by atoms with Gasteiger partial charge in [-0.25, -0.2) is 9.59 Å². The molecule has 1 aromatic rings. The summed E-state index contributed by atoms with van der Waals surface area (Å²) in [6, 6.07) is 3.95. The summed E-state index contributed by atoms with van der Waals surface area (Å²) in [5.74, 6) is -3.54. The molecule has 0 spiro atoms. The molecule has 2 atom stereocenters. The van der Waals surface area contributed by atoms with E-state index in [1.165, 1.54) is 5.56 Å². The van der Waals surface area contributed by atoms with Gasteiger partial charge in [-0.1, -0.05) is 6.07 Å². The first kappa shape index (κ1) is 15.0. The highest BCUT2D eigenvalue weighted by molar-refractivity contribution is 5.83. The molecule has 0 bridgehead atoms. The van der Waals surface area contributed by atoms with E-state index >= 15 is 0 Å². The summed E-state index contributed by atoms with van der Waals surface area (Å²) >= 11 is 0. The molecule has 0 aromatic carbocycles. The Hall–Kier alpha value is -1.99. The van der Waals surface area contributed by atoms with E-state index in [2.05, 4.69) is 4.98 Å². The zero-order valence-electron chi connectivity index (χ0n) is 9.02. The van der Waals surface area contributed by atoms with Crippen molar-refractivity contribution in [2.45, 2.75) is 19.1 Å². The Kier molecular flexibility index (Phi) is 6.46. The second-order valence-electron chi connectivity index (χ2n) is 3.10. The largest absolute Gasteiger partial charge is 0.479 e. The number of carboxylic acids is 2. The van der Waals surface area contributed by atoms with Gasteiger partial charge in [0.25, 0.3) is 0 Å². The van der Waals surface area contributed by atoms with Crippen LogP contribution in [0.25, 0.3) is 0 Å². The van der Waals surface area contributed by atoms with Crippen LogP contribution in [0.15, 0.2) is 24.5 Å². The lowest BCUT2D eigenvalue weighted by atomic mass is 10.2. The van der Waals surface area contributed by atoms with Crippen LogP contribution >= 0.6 is 0 Å². The summed E-state index contributed by atoms with van der Waals surface area (Å²) in [4.78, 5) is 23.4. The van der Waals surface area contributed by atoms with Gasteiger partial charge in [0.2, 0.25) is 0 Å². The van der Waals surface area contributed by atoms with Crippen LogP contribution < -0.4 is 0 Å². The Morgan fingerprint density at radius 3 is 1.82 bits per heavy atom. The van der Waals surface area contributed by atoms with E-state index in [0.717, 1.165) is 0 Å². The molecule has 1 rings (SSSR count). The fourth-order valence-corrected chi connectivity index (χ4v) is 0.718. The van der Waals surface area contributed by atoms with Crippen molar-refractivity contribution in [3.63, 3.8) is 0 Å². The fourth-order valence-electron chi connectivity index (χ4n) is 0.718. The predicted octanol–water partition coefficient (Wildman–Crippen LogP) is -0.733. The van der Waals surface area contributed by atoms with Crippen LogP contribution in [0.5, 0.6) is 0 Å². The number of hydrogen-bond acceptors (Lipinski definition) is 5. The number of aliphatic carboxylic acids is 2. The van der Waals surface area contributed by atoms with Crippen molar-refractivity contribution in [1.29, 1.82) is 0 Å². The average molecular weight is 243 g/mol. The van der Waals surface area contributed by atoms with Crippen molar-refractivity contribution >= 4 is 11.9 Å². The molecule has 0 fully saturated rings. The Labute approximate surface area is 97.0 Å². The molecule has 2 unspecified atom stereocenters. The number of carbonyl (C=O) groups is 2. The number of aliphatic hydroxyl groups is 2. The van der Waals surface area contributed by atoms with Crippen molar-refractivity contribution in [1.82, 2.24) is 4.98 Å². The molecule has 17 heavy (non-hydrogen) atoms. The SMILES string of the molecule is Cc1cccnc1.O=C(O)C(O)C(O)C(=O)O. The zero-order valence-corrected chi connectivity index (χ0v) is 9.02. The van der Waals surface area contributed by atoms with E-state index in [1.54, 1.807) is 6.20 Å². The second kappa shape index (κ2) is 7.31. The standard InChI is InChI=1S/C6H7N.C4H6O6/c1-6-3-2-4-7-5-6;5-1(3(7)8)2(6)4(9)10/h2-5H,1H3;1-2,5-6H,(H,7,8)(H,9,10). The molecule has 0 aliphatic carbocycles. The van der Waals surface area contributed by atoms with E-state index in [9.17, 15) is 9.59 Å². The lowest BCUT2D eigenvalue weighted by molar-refractivity contribution is -0.165. The Morgan fingerprint density at radius 1 is 1.18 bits per heavy atom. The number of rotatable bonds is 3. The van der Waals surface area contributed by atoms with Gasteiger partial charge in [0.1, 0.15) is 0 Å². The van der Waals surface area contributed by atoms with Crippen LogP contribution in [-0.4, -0.2) is 49.6 Å².